The maximum Gasteiger partial charge on any atom is 0.0424 e. The van der Waals surface area contributed by atoms with Crippen molar-refractivity contribution < 1.29 is 0 Å². The minimum Gasteiger partial charge on any atom is -0.310 e. The molecule has 4 heteroatoms. The number of benzene rings is 1. The second-order valence-corrected chi connectivity index (χ2v) is 5.74. The van der Waals surface area contributed by atoms with Crippen LogP contribution < -0.4 is 5.32 Å². The van der Waals surface area contributed by atoms with Crippen LogP contribution in [0.4, 0.5) is 0 Å². The van der Waals surface area contributed by atoms with E-state index in [1.807, 2.05) is 12.1 Å². The number of nitrogens with one attached hydrogen (secondary N) is 1. The summed E-state index contributed by atoms with van der Waals surface area (Å²) in [5.41, 5.74) is 1.16. The zero-order valence-corrected chi connectivity index (χ0v) is 12.3. The van der Waals surface area contributed by atoms with Crippen LogP contribution in [0.1, 0.15) is 25.3 Å². The van der Waals surface area contributed by atoms with E-state index in [2.05, 4.69) is 17.1 Å². The zero-order chi connectivity index (χ0) is 13.0. The molecule has 1 N–H and O–H groups in total. The van der Waals surface area contributed by atoms with E-state index in [1.165, 1.54) is 25.9 Å². The van der Waals surface area contributed by atoms with E-state index in [-0.39, 0.29) is 0 Å². The number of likely N-dealkylation sites (tertiary alicyclic amines) is 1. The molecule has 0 amide bonds. The van der Waals surface area contributed by atoms with Crippen LogP contribution in [0.25, 0.3) is 0 Å². The molecular formula is C14H20Cl2N2. The first-order valence-corrected chi connectivity index (χ1v) is 7.33. The molecule has 2 nitrogen and oxygen atoms in total. The van der Waals surface area contributed by atoms with Gasteiger partial charge in [-0.25, -0.2) is 0 Å². The van der Waals surface area contributed by atoms with Crippen molar-refractivity contribution >= 4 is 23.2 Å². The van der Waals surface area contributed by atoms with Crippen molar-refractivity contribution in [3.8, 4) is 0 Å². The van der Waals surface area contributed by atoms with Crippen molar-refractivity contribution in [1.82, 2.24) is 10.2 Å². The summed E-state index contributed by atoms with van der Waals surface area (Å²) in [4.78, 5) is 2.49. The lowest BCUT2D eigenvalue weighted by molar-refractivity contribution is 0.206. The van der Waals surface area contributed by atoms with Gasteiger partial charge in [-0.2, -0.15) is 0 Å². The normalized spacial score (nSPS) is 18.2. The van der Waals surface area contributed by atoms with Gasteiger partial charge in [0.2, 0.25) is 0 Å². The van der Waals surface area contributed by atoms with Crippen LogP contribution in [-0.2, 0) is 6.54 Å². The third kappa shape index (κ3) is 4.13. The lowest BCUT2D eigenvalue weighted by Crippen LogP contribution is -2.42. The van der Waals surface area contributed by atoms with Crippen molar-refractivity contribution in [2.75, 3.05) is 19.6 Å². The second kappa shape index (κ2) is 6.76. The van der Waals surface area contributed by atoms with Gasteiger partial charge in [0.25, 0.3) is 0 Å². The lowest BCUT2D eigenvalue weighted by Gasteiger charge is -2.31. The zero-order valence-electron chi connectivity index (χ0n) is 10.8. The quantitative estimate of drug-likeness (QED) is 0.910. The summed E-state index contributed by atoms with van der Waals surface area (Å²) in [6.07, 6.45) is 2.45. The van der Waals surface area contributed by atoms with Crippen LogP contribution in [0, 0.1) is 0 Å². The van der Waals surface area contributed by atoms with E-state index in [0.29, 0.717) is 16.1 Å². The van der Waals surface area contributed by atoms with Crippen molar-refractivity contribution in [2.24, 2.45) is 0 Å². The van der Waals surface area contributed by atoms with Gasteiger partial charge in [0, 0.05) is 22.6 Å². The lowest BCUT2D eigenvalue weighted by atomic mass is 10.0. The highest BCUT2D eigenvalue weighted by atomic mass is 35.5. The molecule has 0 bridgehead atoms. The number of nitrogens with zero attached hydrogens (tertiary/aromatic N) is 1. The maximum absolute atomic E-state index is 5.99. The standard InChI is InChI=1S/C14H20Cl2N2/c1-2-18-5-3-14(4-6-18)17-10-11-7-12(15)9-13(16)8-11/h7-9,14,17H,2-6,10H2,1H3. The molecule has 1 aliphatic rings. The van der Waals surface area contributed by atoms with Crippen molar-refractivity contribution in [2.45, 2.75) is 32.4 Å². The first kappa shape index (κ1) is 14.1. The summed E-state index contributed by atoms with van der Waals surface area (Å²) in [5, 5.41) is 5.01. The van der Waals surface area contributed by atoms with Gasteiger partial charge in [-0.15, -0.1) is 0 Å². The highest BCUT2D eigenvalue weighted by molar-refractivity contribution is 6.34. The fourth-order valence-electron chi connectivity index (χ4n) is 2.43. The summed E-state index contributed by atoms with van der Waals surface area (Å²) in [6, 6.07) is 6.33. The molecule has 1 heterocycles. The molecule has 1 saturated heterocycles. The van der Waals surface area contributed by atoms with Crippen LogP contribution in [0.2, 0.25) is 10.0 Å². The van der Waals surface area contributed by atoms with Crippen LogP contribution in [0.15, 0.2) is 18.2 Å². The van der Waals surface area contributed by atoms with E-state index >= 15 is 0 Å². The Labute approximate surface area is 119 Å². The number of piperidine rings is 1. The van der Waals surface area contributed by atoms with E-state index in [1.54, 1.807) is 6.07 Å². The molecule has 0 unspecified atom stereocenters. The first-order chi connectivity index (χ1) is 8.67. The number of rotatable bonds is 4. The predicted octanol–water partition coefficient (Wildman–Crippen LogP) is 3.57. The summed E-state index contributed by atoms with van der Waals surface area (Å²) in [7, 11) is 0. The van der Waals surface area contributed by atoms with Gasteiger partial charge in [0.1, 0.15) is 0 Å². The average Bonchev–Trinajstić information content (AvgIpc) is 2.36. The number of hydrogen-bond acceptors (Lipinski definition) is 2. The monoisotopic (exact) mass is 286 g/mol. The first-order valence-electron chi connectivity index (χ1n) is 6.58. The maximum atomic E-state index is 5.99. The molecule has 18 heavy (non-hydrogen) atoms. The number of hydrogen-bond donors (Lipinski definition) is 1. The van der Waals surface area contributed by atoms with Gasteiger partial charge >= 0.3 is 0 Å². The van der Waals surface area contributed by atoms with Gasteiger partial charge in [-0.3, -0.25) is 0 Å². The minimum atomic E-state index is 0.616. The van der Waals surface area contributed by atoms with E-state index < -0.39 is 0 Å². The van der Waals surface area contributed by atoms with Gasteiger partial charge in [-0.05, 0) is 56.2 Å². The summed E-state index contributed by atoms with van der Waals surface area (Å²) in [6.45, 7) is 6.63. The third-order valence-electron chi connectivity index (χ3n) is 3.55. The van der Waals surface area contributed by atoms with Crippen LogP contribution >= 0.6 is 23.2 Å². The minimum absolute atomic E-state index is 0.616. The number of halogens is 2. The SMILES string of the molecule is CCN1CCC(NCc2cc(Cl)cc(Cl)c2)CC1. The molecule has 100 valence electrons. The third-order valence-corrected chi connectivity index (χ3v) is 3.99. The fraction of sp³-hybridized carbons (Fsp3) is 0.571. The summed E-state index contributed by atoms with van der Waals surface area (Å²) < 4.78 is 0. The molecule has 1 aromatic carbocycles. The Balaban J connectivity index is 1.81. The van der Waals surface area contributed by atoms with Gasteiger partial charge in [0.15, 0.2) is 0 Å². The molecule has 0 atom stereocenters. The van der Waals surface area contributed by atoms with Gasteiger partial charge in [-0.1, -0.05) is 30.1 Å². The Morgan fingerprint density at radius 3 is 2.33 bits per heavy atom. The van der Waals surface area contributed by atoms with Crippen molar-refractivity contribution in [1.29, 1.82) is 0 Å². The Morgan fingerprint density at radius 1 is 1.17 bits per heavy atom. The highest BCUT2D eigenvalue weighted by Crippen LogP contribution is 2.19. The van der Waals surface area contributed by atoms with Crippen LogP contribution in [-0.4, -0.2) is 30.6 Å². The summed E-state index contributed by atoms with van der Waals surface area (Å²) >= 11 is 12.0. The molecule has 1 fully saturated rings. The van der Waals surface area contributed by atoms with Crippen LogP contribution in [0.5, 0.6) is 0 Å². The van der Waals surface area contributed by atoms with E-state index in [0.717, 1.165) is 18.7 Å². The molecule has 1 aliphatic heterocycles. The Hall–Kier alpha value is -0.280. The molecule has 0 aromatic heterocycles. The van der Waals surface area contributed by atoms with Crippen molar-refractivity contribution in [3.05, 3.63) is 33.8 Å². The van der Waals surface area contributed by atoms with E-state index in [4.69, 9.17) is 23.2 Å². The molecule has 0 spiro atoms. The Bertz CT molecular complexity index is 367. The smallest absolute Gasteiger partial charge is 0.0424 e. The summed E-state index contributed by atoms with van der Waals surface area (Å²) in [5.74, 6) is 0. The average molecular weight is 287 g/mol. The molecule has 1 aromatic rings. The van der Waals surface area contributed by atoms with E-state index in [9.17, 15) is 0 Å². The second-order valence-electron chi connectivity index (χ2n) is 4.87. The fourth-order valence-corrected chi connectivity index (χ4v) is 3.00. The largest absolute Gasteiger partial charge is 0.310 e. The van der Waals surface area contributed by atoms with Crippen molar-refractivity contribution in [3.63, 3.8) is 0 Å². The predicted molar refractivity (Wildman–Crippen MR) is 78.4 cm³/mol. The highest BCUT2D eigenvalue weighted by Gasteiger charge is 2.17. The van der Waals surface area contributed by atoms with Gasteiger partial charge in [0.05, 0.1) is 0 Å². The molecule has 0 radical (unpaired) electrons. The molecule has 0 saturated carbocycles. The molecule has 2 rings (SSSR count). The topological polar surface area (TPSA) is 15.3 Å². The molecular weight excluding hydrogens is 267 g/mol. The Morgan fingerprint density at radius 2 is 1.78 bits per heavy atom. The molecule has 0 aliphatic carbocycles. The van der Waals surface area contributed by atoms with Crippen LogP contribution in [0.3, 0.4) is 0 Å². The van der Waals surface area contributed by atoms with Gasteiger partial charge < -0.3 is 10.2 Å². The Kier molecular flexibility index (Phi) is 5.31.